The molecule has 0 radical (unpaired) electrons. The van der Waals surface area contributed by atoms with E-state index in [1.54, 1.807) is 6.07 Å². The van der Waals surface area contributed by atoms with Gasteiger partial charge in [-0.3, -0.25) is 0 Å². The summed E-state index contributed by atoms with van der Waals surface area (Å²) in [6, 6.07) is 3.50. The lowest BCUT2D eigenvalue weighted by atomic mass is 9.98. The van der Waals surface area contributed by atoms with Gasteiger partial charge in [0.2, 0.25) is 10.0 Å². The maximum atomic E-state index is 12.1. The third-order valence-corrected chi connectivity index (χ3v) is 6.59. The minimum atomic E-state index is -3.40. The molecule has 0 amide bonds. The number of sulfonamides is 1. The second kappa shape index (κ2) is 8.24. The molecule has 7 heteroatoms. The predicted octanol–water partition coefficient (Wildman–Crippen LogP) is 2.10. The molecule has 5 nitrogen and oxygen atoms in total. The van der Waals surface area contributed by atoms with Gasteiger partial charge in [0.1, 0.15) is 4.21 Å². The summed E-state index contributed by atoms with van der Waals surface area (Å²) in [6.07, 6.45) is 6.25. The maximum absolute atomic E-state index is 12.1. The average Bonchev–Trinajstić information content (AvgIpc) is 2.95. The third kappa shape index (κ3) is 5.34. The number of nitrogens with one attached hydrogen (secondary N) is 2. The Balaban J connectivity index is 1.75. The first kappa shape index (κ1) is 16.9. The van der Waals surface area contributed by atoms with Gasteiger partial charge < -0.3 is 10.1 Å². The molecule has 0 bridgehead atoms. The summed E-state index contributed by atoms with van der Waals surface area (Å²) in [5.74, 6) is 0. The topological polar surface area (TPSA) is 67.4 Å². The van der Waals surface area contributed by atoms with Gasteiger partial charge in [0.05, 0.1) is 12.7 Å². The summed E-state index contributed by atoms with van der Waals surface area (Å²) in [6.45, 7) is 1.46. The molecule has 1 saturated carbocycles. The Labute approximate surface area is 131 Å². The van der Waals surface area contributed by atoms with Gasteiger partial charge >= 0.3 is 0 Å². The Kier molecular flexibility index (Phi) is 6.63. The predicted molar refractivity (Wildman–Crippen MR) is 85.1 cm³/mol. The third-order valence-electron chi connectivity index (χ3n) is 3.55. The SMILES string of the molecule is CNCc1ccc(S(=O)(=O)NCCOC2CCCCC2)s1. The number of ether oxygens (including phenoxy) is 1. The molecular formula is C14H24N2O3S2. The Morgan fingerprint density at radius 3 is 2.76 bits per heavy atom. The number of hydrogen-bond donors (Lipinski definition) is 2. The summed E-state index contributed by atoms with van der Waals surface area (Å²) in [5, 5.41) is 3.01. The highest BCUT2D eigenvalue weighted by atomic mass is 32.2. The van der Waals surface area contributed by atoms with Crippen molar-refractivity contribution in [2.45, 2.75) is 49.0 Å². The van der Waals surface area contributed by atoms with Crippen LogP contribution in [0.5, 0.6) is 0 Å². The molecule has 0 spiro atoms. The Hall–Kier alpha value is -0.470. The van der Waals surface area contributed by atoms with E-state index in [9.17, 15) is 8.42 Å². The van der Waals surface area contributed by atoms with Crippen molar-refractivity contribution in [2.24, 2.45) is 0 Å². The second-order valence-corrected chi connectivity index (χ2v) is 8.44. The maximum Gasteiger partial charge on any atom is 0.250 e. The summed E-state index contributed by atoms with van der Waals surface area (Å²) >= 11 is 1.30. The molecule has 0 aromatic carbocycles. The highest BCUT2D eigenvalue weighted by Gasteiger charge is 2.17. The first-order valence-electron chi connectivity index (χ1n) is 7.46. The van der Waals surface area contributed by atoms with Gasteiger partial charge in [0, 0.05) is 18.0 Å². The second-order valence-electron chi connectivity index (χ2n) is 5.28. The van der Waals surface area contributed by atoms with E-state index in [1.807, 2.05) is 13.1 Å². The summed E-state index contributed by atoms with van der Waals surface area (Å²) in [4.78, 5) is 1.01. The molecule has 0 saturated heterocycles. The van der Waals surface area contributed by atoms with Crippen LogP contribution >= 0.6 is 11.3 Å². The monoisotopic (exact) mass is 332 g/mol. The normalized spacial score (nSPS) is 17.2. The van der Waals surface area contributed by atoms with Crippen LogP contribution < -0.4 is 10.0 Å². The fourth-order valence-corrected chi connectivity index (χ4v) is 4.90. The lowest BCUT2D eigenvalue weighted by Crippen LogP contribution is -2.29. The van der Waals surface area contributed by atoms with Crippen LogP contribution in [0.3, 0.4) is 0 Å². The van der Waals surface area contributed by atoms with E-state index in [2.05, 4.69) is 10.0 Å². The van der Waals surface area contributed by atoms with Gasteiger partial charge in [-0.15, -0.1) is 11.3 Å². The van der Waals surface area contributed by atoms with E-state index in [4.69, 9.17) is 4.74 Å². The smallest absolute Gasteiger partial charge is 0.250 e. The van der Waals surface area contributed by atoms with Gasteiger partial charge in [0.15, 0.2) is 0 Å². The van der Waals surface area contributed by atoms with Crippen molar-refractivity contribution in [2.75, 3.05) is 20.2 Å². The largest absolute Gasteiger partial charge is 0.377 e. The molecular weight excluding hydrogens is 308 g/mol. The Morgan fingerprint density at radius 2 is 2.05 bits per heavy atom. The molecule has 0 unspecified atom stereocenters. The van der Waals surface area contributed by atoms with Gasteiger partial charge in [-0.1, -0.05) is 19.3 Å². The molecule has 1 aliphatic rings. The quantitative estimate of drug-likeness (QED) is 0.716. The number of hydrogen-bond acceptors (Lipinski definition) is 5. The van der Waals surface area contributed by atoms with E-state index in [0.717, 1.165) is 17.7 Å². The Bertz CT molecular complexity index is 522. The van der Waals surface area contributed by atoms with Crippen molar-refractivity contribution >= 4 is 21.4 Å². The van der Waals surface area contributed by atoms with Gasteiger partial charge in [-0.25, -0.2) is 13.1 Å². The van der Waals surface area contributed by atoms with Crippen LogP contribution in [0.4, 0.5) is 0 Å². The van der Waals surface area contributed by atoms with E-state index >= 15 is 0 Å². The minimum Gasteiger partial charge on any atom is -0.377 e. The van der Waals surface area contributed by atoms with Gasteiger partial charge in [-0.2, -0.15) is 0 Å². The lowest BCUT2D eigenvalue weighted by Gasteiger charge is -2.21. The first-order valence-corrected chi connectivity index (χ1v) is 9.76. The van der Waals surface area contributed by atoms with Gasteiger partial charge in [-0.05, 0) is 32.0 Å². The summed E-state index contributed by atoms with van der Waals surface area (Å²) in [7, 11) is -1.56. The molecule has 1 aromatic heterocycles. The van der Waals surface area contributed by atoms with Crippen LogP contribution in [0.2, 0.25) is 0 Å². The van der Waals surface area contributed by atoms with Gasteiger partial charge in [0.25, 0.3) is 0 Å². The molecule has 2 N–H and O–H groups in total. The zero-order valence-electron chi connectivity index (χ0n) is 12.4. The van der Waals surface area contributed by atoms with Crippen molar-refractivity contribution in [3.05, 3.63) is 17.0 Å². The van der Waals surface area contributed by atoms with Crippen molar-refractivity contribution in [1.29, 1.82) is 0 Å². The first-order chi connectivity index (χ1) is 10.1. The van der Waals surface area contributed by atoms with E-state index in [0.29, 0.717) is 30.0 Å². The van der Waals surface area contributed by atoms with Crippen molar-refractivity contribution < 1.29 is 13.2 Å². The molecule has 0 aliphatic heterocycles. The number of thiophene rings is 1. The fourth-order valence-electron chi connectivity index (χ4n) is 2.48. The standard InChI is InChI=1S/C14H24N2O3S2/c1-15-11-13-7-8-14(20-13)21(17,18)16-9-10-19-12-5-3-2-4-6-12/h7-8,12,15-16H,2-6,9-11H2,1H3. The molecule has 21 heavy (non-hydrogen) atoms. The molecule has 1 aliphatic carbocycles. The zero-order chi connectivity index (χ0) is 15.1. The molecule has 0 atom stereocenters. The summed E-state index contributed by atoms with van der Waals surface area (Å²) < 4.78 is 32.9. The van der Waals surface area contributed by atoms with E-state index < -0.39 is 10.0 Å². The van der Waals surface area contributed by atoms with Crippen LogP contribution in [0.25, 0.3) is 0 Å². The highest BCUT2D eigenvalue weighted by Crippen LogP contribution is 2.22. The molecule has 1 fully saturated rings. The minimum absolute atomic E-state index is 0.312. The average molecular weight is 332 g/mol. The van der Waals surface area contributed by atoms with E-state index in [1.165, 1.54) is 30.6 Å². The molecule has 1 aromatic rings. The molecule has 2 rings (SSSR count). The van der Waals surface area contributed by atoms with Crippen LogP contribution in [0.1, 0.15) is 37.0 Å². The van der Waals surface area contributed by atoms with Crippen LogP contribution in [-0.2, 0) is 21.3 Å². The molecule has 1 heterocycles. The molecule has 120 valence electrons. The van der Waals surface area contributed by atoms with Crippen LogP contribution in [0, 0.1) is 0 Å². The van der Waals surface area contributed by atoms with Crippen molar-refractivity contribution in [3.63, 3.8) is 0 Å². The fraction of sp³-hybridized carbons (Fsp3) is 0.714. The lowest BCUT2D eigenvalue weighted by molar-refractivity contribution is 0.0321. The van der Waals surface area contributed by atoms with Crippen LogP contribution in [-0.4, -0.2) is 34.7 Å². The Morgan fingerprint density at radius 1 is 1.29 bits per heavy atom. The summed E-state index contributed by atoms with van der Waals surface area (Å²) in [5.41, 5.74) is 0. The number of rotatable bonds is 8. The van der Waals surface area contributed by atoms with Crippen LogP contribution in [0.15, 0.2) is 16.3 Å². The van der Waals surface area contributed by atoms with E-state index in [-0.39, 0.29) is 0 Å². The highest BCUT2D eigenvalue weighted by molar-refractivity contribution is 7.91. The van der Waals surface area contributed by atoms with Crippen molar-refractivity contribution in [1.82, 2.24) is 10.0 Å². The van der Waals surface area contributed by atoms with Crippen molar-refractivity contribution in [3.8, 4) is 0 Å². The zero-order valence-corrected chi connectivity index (χ0v) is 14.1.